The normalized spacial score (nSPS) is 15.9. The first-order chi connectivity index (χ1) is 15.2. The van der Waals surface area contributed by atoms with Crippen molar-refractivity contribution in [2.45, 2.75) is 17.1 Å². The van der Waals surface area contributed by atoms with Gasteiger partial charge in [-0.2, -0.15) is 0 Å². The van der Waals surface area contributed by atoms with Crippen molar-refractivity contribution in [3.8, 4) is 11.5 Å². The summed E-state index contributed by atoms with van der Waals surface area (Å²) in [5.41, 5.74) is 3.39. The standard InChI is InChI=1S/C25H23NO4S/c27-24(28-14-19-7-3-1-4-8-19)26-16-25(17-26,31-15-20-9-5-2-6-10-20)21-11-12-22-23(13-21)30-18-29-22/h1-13H,14-18H2. The third kappa shape index (κ3) is 4.21. The number of benzene rings is 3. The van der Waals surface area contributed by atoms with Gasteiger partial charge in [-0.1, -0.05) is 66.7 Å². The fourth-order valence-corrected chi connectivity index (χ4v) is 5.27. The zero-order valence-electron chi connectivity index (χ0n) is 17.0. The minimum absolute atomic E-state index is 0.206. The summed E-state index contributed by atoms with van der Waals surface area (Å²) < 4.78 is 16.4. The van der Waals surface area contributed by atoms with Crippen LogP contribution in [0.3, 0.4) is 0 Å². The Balaban J connectivity index is 1.29. The molecule has 1 amide bonds. The molecule has 0 N–H and O–H groups in total. The van der Waals surface area contributed by atoms with Gasteiger partial charge >= 0.3 is 6.09 Å². The summed E-state index contributed by atoms with van der Waals surface area (Å²) in [4.78, 5) is 14.4. The Morgan fingerprint density at radius 2 is 1.58 bits per heavy atom. The van der Waals surface area contributed by atoms with Crippen LogP contribution in [0.2, 0.25) is 0 Å². The van der Waals surface area contributed by atoms with E-state index >= 15 is 0 Å². The molecule has 3 aromatic rings. The molecule has 158 valence electrons. The van der Waals surface area contributed by atoms with Crippen LogP contribution in [0.25, 0.3) is 0 Å². The summed E-state index contributed by atoms with van der Waals surface area (Å²) in [7, 11) is 0. The summed E-state index contributed by atoms with van der Waals surface area (Å²) in [5.74, 6) is 2.40. The van der Waals surface area contributed by atoms with E-state index in [1.54, 1.807) is 4.90 Å². The Labute approximate surface area is 185 Å². The average molecular weight is 434 g/mol. The lowest BCUT2D eigenvalue weighted by Crippen LogP contribution is -2.59. The largest absolute Gasteiger partial charge is 0.454 e. The summed E-state index contributed by atoms with van der Waals surface area (Å²) in [6, 6.07) is 26.2. The van der Waals surface area contributed by atoms with Gasteiger partial charge in [0, 0.05) is 18.8 Å². The third-order valence-corrected chi connectivity index (χ3v) is 7.14. The highest BCUT2D eigenvalue weighted by atomic mass is 32.2. The fraction of sp³-hybridized carbons (Fsp3) is 0.240. The second kappa shape index (κ2) is 8.55. The molecule has 5 rings (SSSR count). The van der Waals surface area contributed by atoms with E-state index in [9.17, 15) is 4.79 Å². The van der Waals surface area contributed by atoms with E-state index in [2.05, 4.69) is 30.3 Å². The molecular weight excluding hydrogens is 410 g/mol. The number of nitrogens with zero attached hydrogens (tertiary/aromatic N) is 1. The number of hydrogen-bond donors (Lipinski definition) is 0. The van der Waals surface area contributed by atoms with Crippen LogP contribution in [0.4, 0.5) is 4.79 Å². The van der Waals surface area contributed by atoms with Crippen molar-refractivity contribution in [2.24, 2.45) is 0 Å². The maximum atomic E-state index is 12.6. The lowest BCUT2D eigenvalue weighted by atomic mass is 9.90. The molecule has 0 bridgehead atoms. The predicted molar refractivity (Wildman–Crippen MR) is 120 cm³/mol. The Morgan fingerprint density at radius 1 is 0.903 bits per heavy atom. The van der Waals surface area contributed by atoms with Crippen molar-refractivity contribution in [3.05, 3.63) is 95.6 Å². The molecule has 1 fully saturated rings. The van der Waals surface area contributed by atoms with Gasteiger partial charge in [0.05, 0.1) is 4.75 Å². The third-order valence-electron chi connectivity index (χ3n) is 5.61. The highest BCUT2D eigenvalue weighted by Crippen LogP contribution is 2.48. The molecule has 0 spiro atoms. The molecule has 0 atom stereocenters. The number of rotatable bonds is 6. The number of hydrogen-bond acceptors (Lipinski definition) is 5. The fourth-order valence-electron chi connectivity index (χ4n) is 3.84. The van der Waals surface area contributed by atoms with E-state index in [0.717, 1.165) is 28.4 Å². The van der Waals surface area contributed by atoms with Gasteiger partial charge in [-0.05, 0) is 28.8 Å². The van der Waals surface area contributed by atoms with Crippen LogP contribution in [0, 0.1) is 0 Å². The molecule has 0 saturated carbocycles. The van der Waals surface area contributed by atoms with Gasteiger partial charge < -0.3 is 19.1 Å². The molecule has 31 heavy (non-hydrogen) atoms. The number of thioether (sulfide) groups is 1. The number of fused-ring (bicyclic) bond motifs is 1. The molecule has 0 aliphatic carbocycles. The van der Waals surface area contributed by atoms with Crippen molar-refractivity contribution in [1.82, 2.24) is 4.90 Å². The van der Waals surface area contributed by atoms with Crippen molar-refractivity contribution in [2.75, 3.05) is 19.9 Å². The van der Waals surface area contributed by atoms with E-state index in [1.165, 1.54) is 5.56 Å². The summed E-state index contributed by atoms with van der Waals surface area (Å²) in [5, 5.41) is 0. The van der Waals surface area contributed by atoms with Crippen molar-refractivity contribution >= 4 is 17.9 Å². The zero-order chi connectivity index (χ0) is 21.1. The highest BCUT2D eigenvalue weighted by Gasteiger charge is 2.48. The van der Waals surface area contributed by atoms with Crippen LogP contribution in [-0.4, -0.2) is 30.9 Å². The Hall–Kier alpha value is -3.12. The quantitative estimate of drug-likeness (QED) is 0.535. The van der Waals surface area contributed by atoms with Gasteiger partial charge in [-0.3, -0.25) is 0 Å². The van der Waals surface area contributed by atoms with Crippen LogP contribution in [0.1, 0.15) is 16.7 Å². The van der Waals surface area contributed by atoms with Crippen LogP contribution in [-0.2, 0) is 21.8 Å². The van der Waals surface area contributed by atoms with E-state index in [4.69, 9.17) is 14.2 Å². The van der Waals surface area contributed by atoms with Gasteiger partial charge in [0.1, 0.15) is 6.61 Å². The molecule has 1 saturated heterocycles. The van der Waals surface area contributed by atoms with Crippen LogP contribution in [0.15, 0.2) is 78.9 Å². The minimum atomic E-state index is -0.277. The van der Waals surface area contributed by atoms with Crippen molar-refractivity contribution < 1.29 is 19.0 Å². The average Bonchev–Trinajstić information content (AvgIpc) is 3.26. The molecule has 5 nitrogen and oxygen atoms in total. The number of ether oxygens (including phenoxy) is 3. The number of likely N-dealkylation sites (tertiary alicyclic amines) is 1. The lowest BCUT2D eigenvalue weighted by molar-refractivity contribution is 0.0590. The maximum Gasteiger partial charge on any atom is 0.410 e. The monoisotopic (exact) mass is 433 g/mol. The smallest absolute Gasteiger partial charge is 0.410 e. The van der Waals surface area contributed by atoms with Crippen LogP contribution >= 0.6 is 11.8 Å². The van der Waals surface area contributed by atoms with Crippen molar-refractivity contribution in [1.29, 1.82) is 0 Å². The Kier molecular flexibility index (Phi) is 5.47. The predicted octanol–water partition coefficient (Wildman–Crippen LogP) is 5.20. The van der Waals surface area contributed by atoms with E-state index in [-0.39, 0.29) is 24.2 Å². The maximum absolute atomic E-state index is 12.6. The number of carbonyl (C=O) groups is 1. The van der Waals surface area contributed by atoms with E-state index in [0.29, 0.717) is 13.1 Å². The number of amides is 1. The molecule has 2 aliphatic heterocycles. The Bertz CT molecular complexity index is 1050. The summed E-state index contributed by atoms with van der Waals surface area (Å²) in [6.07, 6.45) is -0.277. The molecule has 3 aromatic carbocycles. The molecule has 0 aromatic heterocycles. The Morgan fingerprint density at radius 3 is 2.32 bits per heavy atom. The topological polar surface area (TPSA) is 48.0 Å². The lowest BCUT2D eigenvalue weighted by Gasteiger charge is -2.49. The second-order valence-corrected chi connectivity index (χ2v) is 9.09. The summed E-state index contributed by atoms with van der Waals surface area (Å²) in [6.45, 7) is 1.72. The second-order valence-electron chi connectivity index (χ2n) is 7.73. The molecule has 6 heteroatoms. The first-order valence-electron chi connectivity index (χ1n) is 10.3. The van der Waals surface area contributed by atoms with Gasteiger partial charge in [-0.15, -0.1) is 11.8 Å². The molecule has 2 heterocycles. The summed E-state index contributed by atoms with van der Waals surface area (Å²) >= 11 is 1.85. The van der Waals surface area contributed by atoms with E-state index in [1.807, 2.05) is 60.3 Å². The molecule has 0 unspecified atom stereocenters. The molecule has 0 radical (unpaired) electrons. The van der Waals surface area contributed by atoms with Crippen LogP contribution in [0.5, 0.6) is 11.5 Å². The van der Waals surface area contributed by atoms with Gasteiger partial charge in [0.2, 0.25) is 6.79 Å². The van der Waals surface area contributed by atoms with Gasteiger partial charge in [-0.25, -0.2) is 4.79 Å². The first kappa shape index (κ1) is 19.8. The molecule has 2 aliphatic rings. The SMILES string of the molecule is O=C(OCc1ccccc1)N1CC(SCc2ccccc2)(c2ccc3c(c2)OCO3)C1. The van der Waals surface area contributed by atoms with Gasteiger partial charge in [0.25, 0.3) is 0 Å². The minimum Gasteiger partial charge on any atom is -0.454 e. The van der Waals surface area contributed by atoms with E-state index < -0.39 is 0 Å². The van der Waals surface area contributed by atoms with Crippen LogP contribution < -0.4 is 9.47 Å². The van der Waals surface area contributed by atoms with Crippen molar-refractivity contribution in [3.63, 3.8) is 0 Å². The highest BCUT2D eigenvalue weighted by molar-refractivity contribution is 7.99. The first-order valence-corrected chi connectivity index (χ1v) is 11.2. The van der Waals surface area contributed by atoms with Gasteiger partial charge in [0.15, 0.2) is 11.5 Å². The number of carbonyl (C=O) groups excluding carboxylic acids is 1. The zero-order valence-corrected chi connectivity index (χ0v) is 17.8. The molecular formula is C25H23NO4S.